The molecule has 0 atom stereocenters. The van der Waals surface area contributed by atoms with Crippen molar-refractivity contribution in [3.05, 3.63) is 94.4 Å². The van der Waals surface area contributed by atoms with Crippen LogP contribution in [0.3, 0.4) is 0 Å². The van der Waals surface area contributed by atoms with E-state index in [1.165, 1.54) is 0 Å². The van der Waals surface area contributed by atoms with Gasteiger partial charge in [0.25, 0.3) is 11.8 Å². The molecule has 29 heavy (non-hydrogen) atoms. The normalized spacial score (nSPS) is 13.1. The first kappa shape index (κ1) is 19.3. The van der Waals surface area contributed by atoms with Gasteiger partial charge in [-0.3, -0.25) is 9.59 Å². The van der Waals surface area contributed by atoms with Crippen LogP contribution in [-0.2, 0) is 13.1 Å². The molecule has 1 aliphatic carbocycles. The van der Waals surface area contributed by atoms with Gasteiger partial charge in [0, 0.05) is 18.2 Å². The Labute approximate surface area is 174 Å². The summed E-state index contributed by atoms with van der Waals surface area (Å²) in [5.41, 5.74) is 1.98. The van der Waals surface area contributed by atoms with Crippen molar-refractivity contribution >= 4 is 23.4 Å². The average molecular weight is 409 g/mol. The molecule has 3 aromatic rings. The van der Waals surface area contributed by atoms with Gasteiger partial charge in [0.1, 0.15) is 5.76 Å². The Balaban J connectivity index is 1.52. The zero-order valence-corrected chi connectivity index (χ0v) is 16.6. The molecular formula is C23H21ClN2O3. The molecule has 0 radical (unpaired) electrons. The van der Waals surface area contributed by atoms with Crippen molar-refractivity contribution in [2.45, 2.75) is 32.0 Å². The number of carbonyl (C=O) groups excluding carboxylic acids is 2. The molecule has 0 spiro atoms. The molecule has 1 saturated carbocycles. The molecule has 148 valence electrons. The van der Waals surface area contributed by atoms with E-state index < -0.39 is 0 Å². The molecule has 0 saturated heterocycles. The van der Waals surface area contributed by atoms with E-state index in [2.05, 4.69) is 5.32 Å². The van der Waals surface area contributed by atoms with E-state index in [0.29, 0.717) is 41.0 Å². The number of carbonyl (C=O) groups is 2. The van der Waals surface area contributed by atoms with Crippen LogP contribution in [0.2, 0.25) is 5.02 Å². The van der Waals surface area contributed by atoms with Crippen LogP contribution in [0.5, 0.6) is 0 Å². The lowest BCUT2D eigenvalue weighted by Crippen LogP contribution is -2.30. The lowest BCUT2D eigenvalue weighted by Gasteiger charge is -2.22. The number of halogens is 1. The van der Waals surface area contributed by atoms with Crippen LogP contribution < -0.4 is 5.32 Å². The summed E-state index contributed by atoms with van der Waals surface area (Å²) in [6.07, 6.45) is 3.69. The standard InChI is InChI=1S/C23H21ClN2O3/c24-21-6-2-1-5-20(21)23(28)26(15-19-4-3-13-29-19)14-16-7-9-17(10-8-16)22(27)25-18-11-12-18/h1-10,13,18H,11-12,14-15H2,(H,25,27). The van der Waals surface area contributed by atoms with Gasteiger partial charge in [0.2, 0.25) is 0 Å². The zero-order valence-electron chi connectivity index (χ0n) is 15.8. The van der Waals surface area contributed by atoms with E-state index in [4.69, 9.17) is 16.0 Å². The summed E-state index contributed by atoms with van der Waals surface area (Å²) in [6, 6.07) is 18.3. The number of amides is 2. The molecule has 4 rings (SSSR count). The van der Waals surface area contributed by atoms with Crippen molar-refractivity contribution in [1.82, 2.24) is 10.2 Å². The molecule has 1 aromatic heterocycles. The van der Waals surface area contributed by atoms with Crippen LogP contribution in [0.25, 0.3) is 0 Å². The van der Waals surface area contributed by atoms with Crippen LogP contribution in [0.4, 0.5) is 0 Å². The van der Waals surface area contributed by atoms with E-state index in [0.717, 1.165) is 18.4 Å². The Morgan fingerprint density at radius 1 is 1.00 bits per heavy atom. The summed E-state index contributed by atoms with van der Waals surface area (Å²) in [5.74, 6) is 0.451. The first-order valence-corrected chi connectivity index (χ1v) is 9.94. The molecule has 0 aliphatic heterocycles. The predicted molar refractivity (Wildman–Crippen MR) is 111 cm³/mol. The van der Waals surface area contributed by atoms with E-state index in [1.54, 1.807) is 53.6 Å². The van der Waals surface area contributed by atoms with E-state index >= 15 is 0 Å². The summed E-state index contributed by atoms with van der Waals surface area (Å²) >= 11 is 6.23. The lowest BCUT2D eigenvalue weighted by molar-refractivity contribution is 0.0717. The van der Waals surface area contributed by atoms with Gasteiger partial charge in [-0.2, -0.15) is 0 Å². The van der Waals surface area contributed by atoms with Gasteiger partial charge in [-0.25, -0.2) is 0 Å². The number of hydrogen-bond donors (Lipinski definition) is 1. The average Bonchev–Trinajstić information content (AvgIpc) is 3.39. The van der Waals surface area contributed by atoms with Crippen molar-refractivity contribution in [1.29, 1.82) is 0 Å². The summed E-state index contributed by atoms with van der Waals surface area (Å²) in [6.45, 7) is 0.691. The molecule has 1 N–H and O–H groups in total. The number of rotatable bonds is 7. The number of furan rings is 1. The third kappa shape index (κ3) is 4.87. The minimum Gasteiger partial charge on any atom is -0.467 e. The highest BCUT2D eigenvalue weighted by Gasteiger charge is 2.24. The van der Waals surface area contributed by atoms with Crippen LogP contribution in [0, 0.1) is 0 Å². The monoisotopic (exact) mass is 408 g/mol. The molecule has 1 fully saturated rings. The molecule has 0 unspecified atom stereocenters. The van der Waals surface area contributed by atoms with E-state index in [9.17, 15) is 9.59 Å². The first-order valence-electron chi connectivity index (χ1n) is 9.56. The zero-order chi connectivity index (χ0) is 20.2. The molecule has 1 aliphatic rings. The molecule has 2 amide bonds. The second kappa shape index (κ2) is 8.53. The van der Waals surface area contributed by atoms with Crippen molar-refractivity contribution < 1.29 is 14.0 Å². The van der Waals surface area contributed by atoms with Gasteiger partial charge in [-0.05, 0) is 54.8 Å². The molecule has 0 bridgehead atoms. The Morgan fingerprint density at radius 2 is 1.76 bits per heavy atom. The second-order valence-electron chi connectivity index (χ2n) is 7.17. The van der Waals surface area contributed by atoms with Crippen molar-refractivity contribution in [2.24, 2.45) is 0 Å². The molecular weight excluding hydrogens is 388 g/mol. The van der Waals surface area contributed by atoms with Crippen molar-refractivity contribution in [3.8, 4) is 0 Å². The fraction of sp³-hybridized carbons (Fsp3) is 0.217. The largest absolute Gasteiger partial charge is 0.467 e. The Hall–Kier alpha value is -3.05. The molecule has 6 heteroatoms. The number of benzene rings is 2. The molecule has 2 aromatic carbocycles. The Morgan fingerprint density at radius 3 is 2.41 bits per heavy atom. The Bertz CT molecular complexity index is 995. The summed E-state index contributed by atoms with van der Waals surface area (Å²) in [7, 11) is 0. The van der Waals surface area contributed by atoms with E-state index in [1.807, 2.05) is 18.2 Å². The minimum atomic E-state index is -0.178. The number of nitrogens with one attached hydrogen (secondary N) is 1. The molecule has 1 heterocycles. The van der Waals surface area contributed by atoms with Gasteiger partial charge in [-0.15, -0.1) is 0 Å². The SMILES string of the molecule is O=C(NC1CC1)c1ccc(CN(Cc2ccco2)C(=O)c2ccccc2Cl)cc1. The maximum Gasteiger partial charge on any atom is 0.256 e. The first-order chi connectivity index (χ1) is 14.1. The topological polar surface area (TPSA) is 62.6 Å². The maximum atomic E-state index is 13.1. The Kier molecular flexibility index (Phi) is 5.67. The van der Waals surface area contributed by atoms with Crippen LogP contribution in [-0.4, -0.2) is 22.8 Å². The minimum absolute atomic E-state index is 0.0568. The second-order valence-corrected chi connectivity index (χ2v) is 7.57. The summed E-state index contributed by atoms with van der Waals surface area (Å²) in [4.78, 5) is 27.0. The van der Waals surface area contributed by atoms with Crippen LogP contribution in [0.15, 0.2) is 71.3 Å². The highest BCUT2D eigenvalue weighted by molar-refractivity contribution is 6.33. The van der Waals surface area contributed by atoms with Gasteiger partial charge in [0.15, 0.2) is 0 Å². The molecule has 5 nitrogen and oxygen atoms in total. The number of nitrogens with zero attached hydrogens (tertiary/aromatic N) is 1. The fourth-order valence-corrected chi connectivity index (χ4v) is 3.29. The highest BCUT2D eigenvalue weighted by Crippen LogP contribution is 2.21. The van der Waals surface area contributed by atoms with Crippen LogP contribution in [0.1, 0.15) is 44.9 Å². The van der Waals surface area contributed by atoms with Gasteiger partial charge < -0.3 is 14.6 Å². The van der Waals surface area contributed by atoms with Gasteiger partial charge in [0.05, 0.1) is 23.4 Å². The predicted octanol–water partition coefficient (Wildman–Crippen LogP) is 4.67. The van der Waals surface area contributed by atoms with E-state index in [-0.39, 0.29) is 11.8 Å². The maximum absolute atomic E-state index is 13.1. The van der Waals surface area contributed by atoms with Crippen molar-refractivity contribution in [2.75, 3.05) is 0 Å². The lowest BCUT2D eigenvalue weighted by atomic mass is 10.1. The summed E-state index contributed by atoms with van der Waals surface area (Å²) < 4.78 is 5.43. The van der Waals surface area contributed by atoms with Gasteiger partial charge in [-0.1, -0.05) is 35.9 Å². The third-order valence-corrected chi connectivity index (χ3v) is 5.15. The fourth-order valence-electron chi connectivity index (χ4n) is 3.07. The third-order valence-electron chi connectivity index (χ3n) is 4.82. The number of hydrogen-bond acceptors (Lipinski definition) is 3. The quantitative estimate of drug-likeness (QED) is 0.618. The smallest absolute Gasteiger partial charge is 0.256 e. The highest BCUT2D eigenvalue weighted by atomic mass is 35.5. The summed E-state index contributed by atoms with van der Waals surface area (Å²) in [5, 5.41) is 3.39. The van der Waals surface area contributed by atoms with Crippen molar-refractivity contribution in [3.63, 3.8) is 0 Å². The van der Waals surface area contributed by atoms with Crippen LogP contribution >= 0.6 is 11.6 Å². The van der Waals surface area contributed by atoms with Gasteiger partial charge >= 0.3 is 0 Å².